The largest absolute Gasteiger partial charge is 0.493 e. The number of ether oxygens (including phenoxy) is 2. The Morgan fingerprint density at radius 1 is 1.19 bits per heavy atom. The first-order valence-corrected chi connectivity index (χ1v) is 12.6. The number of carbonyl (C=O) groups is 2. The fourth-order valence-electron chi connectivity index (χ4n) is 3.59. The SMILES string of the molecule is COc1cc(/C=C2\SC(=Nc3cccc(C(=O)O)c3C)N(C)C2=O)c(Br)cc1OCc1cccc(F)c1. The summed E-state index contributed by atoms with van der Waals surface area (Å²) in [5.74, 6) is -0.712. The Morgan fingerprint density at radius 2 is 1.95 bits per heavy atom. The molecular formula is C27H22BrFN2O5S. The summed E-state index contributed by atoms with van der Waals surface area (Å²) in [6.45, 7) is 1.84. The van der Waals surface area contributed by atoms with E-state index in [2.05, 4.69) is 20.9 Å². The highest BCUT2D eigenvalue weighted by molar-refractivity contribution is 9.10. The summed E-state index contributed by atoms with van der Waals surface area (Å²) in [7, 11) is 3.13. The second-order valence-electron chi connectivity index (χ2n) is 8.07. The lowest BCUT2D eigenvalue weighted by Crippen LogP contribution is -2.23. The van der Waals surface area contributed by atoms with E-state index in [1.807, 2.05) is 0 Å². The van der Waals surface area contributed by atoms with Crippen molar-refractivity contribution in [1.29, 1.82) is 0 Å². The van der Waals surface area contributed by atoms with Gasteiger partial charge in [-0.1, -0.05) is 34.1 Å². The third kappa shape index (κ3) is 5.86. The van der Waals surface area contributed by atoms with Gasteiger partial charge in [-0.05, 0) is 77.9 Å². The number of amides is 1. The van der Waals surface area contributed by atoms with Crippen molar-refractivity contribution in [3.63, 3.8) is 0 Å². The zero-order valence-electron chi connectivity index (χ0n) is 20.1. The first-order chi connectivity index (χ1) is 17.7. The Kier molecular flexibility index (Phi) is 7.99. The fraction of sp³-hybridized carbons (Fsp3) is 0.148. The lowest BCUT2D eigenvalue weighted by Gasteiger charge is -2.13. The molecule has 0 spiro atoms. The van der Waals surface area contributed by atoms with Crippen LogP contribution in [0.5, 0.6) is 11.5 Å². The molecule has 0 aromatic heterocycles. The number of carbonyl (C=O) groups excluding carboxylic acids is 1. The number of carboxylic acids is 1. The molecule has 3 aromatic rings. The van der Waals surface area contributed by atoms with E-state index in [-0.39, 0.29) is 23.9 Å². The molecule has 1 fully saturated rings. The molecule has 1 heterocycles. The Morgan fingerprint density at radius 3 is 2.65 bits per heavy atom. The molecule has 0 atom stereocenters. The van der Waals surface area contributed by atoms with Crippen LogP contribution < -0.4 is 9.47 Å². The number of methoxy groups -OCH3 is 1. The van der Waals surface area contributed by atoms with Crippen LogP contribution in [-0.2, 0) is 11.4 Å². The zero-order valence-corrected chi connectivity index (χ0v) is 22.5. The van der Waals surface area contributed by atoms with Gasteiger partial charge in [0.15, 0.2) is 16.7 Å². The highest BCUT2D eigenvalue weighted by atomic mass is 79.9. The summed E-state index contributed by atoms with van der Waals surface area (Å²) in [6, 6.07) is 14.5. The van der Waals surface area contributed by atoms with Crippen molar-refractivity contribution < 1.29 is 28.6 Å². The van der Waals surface area contributed by atoms with Gasteiger partial charge in [0.1, 0.15) is 12.4 Å². The van der Waals surface area contributed by atoms with E-state index in [0.29, 0.717) is 48.4 Å². The predicted molar refractivity (Wildman–Crippen MR) is 145 cm³/mol. The molecule has 1 aliphatic heterocycles. The third-order valence-corrected chi connectivity index (χ3v) is 7.36. The number of aromatic carboxylic acids is 1. The van der Waals surface area contributed by atoms with E-state index in [9.17, 15) is 19.1 Å². The molecule has 0 bridgehead atoms. The summed E-state index contributed by atoms with van der Waals surface area (Å²) in [5.41, 5.74) is 2.51. The Bertz CT molecular complexity index is 1460. The molecule has 1 N–H and O–H groups in total. The molecule has 3 aromatic carbocycles. The van der Waals surface area contributed by atoms with Gasteiger partial charge in [0.2, 0.25) is 0 Å². The molecule has 0 radical (unpaired) electrons. The summed E-state index contributed by atoms with van der Waals surface area (Å²) < 4.78 is 25.5. The Balaban J connectivity index is 1.60. The number of benzene rings is 3. The van der Waals surface area contributed by atoms with Gasteiger partial charge < -0.3 is 14.6 Å². The van der Waals surface area contributed by atoms with E-state index in [1.54, 1.807) is 56.4 Å². The number of likely N-dealkylation sites (N-methyl/N-ethyl adjacent to an activating group) is 1. The average Bonchev–Trinajstić information content (AvgIpc) is 3.12. The van der Waals surface area contributed by atoms with Crippen LogP contribution >= 0.6 is 27.7 Å². The first-order valence-electron chi connectivity index (χ1n) is 11.0. The van der Waals surface area contributed by atoms with Gasteiger partial charge in [0, 0.05) is 11.5 Å². The topological polar surface area (TPSA) is 88.4 Å². The molecule has 190 valence electrons. The minimum Gasteiger partial charge on any atom is -0.493 e. The molecule has 0 aliphatic carbocycles. The molecule has 0 unspecified atom stereocenters. The molecular weight excluding hydrogens is 563 g/mol. The molecule has 7 nitrogen and oxygen atoms in total. The first kappa shape index (κ1) is 26.4. The lowest BCUT2D eigenvalue weighted by molar-refractivity contribution is -0.121. The van der Waals surface area contributed by atoms with Crippen molar-refractivity contribution in [3.8, 4) is 11.5 Å². The molecule has 10 heteroatoms. The van der Waals surface area contributed by atoms with E-state index >= 15 is 0 Å². The fourth-order valence-corrected chi connectivity index (χ4v) is 5.00. The zero-order chi connectivity index (χ0) is 26.7. The highest BCUT2D eigenvalue weighted by Gasteiger charge is 2.31. The van der Waals surface area contributed by atoms with Gasteiger partial charge in [0.25, 0.3) is 5.91 Å². The van der Waals surface area contributed by atoms with Crippen LogP contribution in [-0.4, -0.2) is 41.2 Å². The van der Waals surface area contributed by atoms with Gasteiger partial charge in [-0.2, -0.15) is 0 Å². The standard InChI is InChI=1S/C27H22BrFN2O5S/c1-15-19(26(33)34)8-5-9-21(15)30-27-31(2)25(32)24(37-27)12-17-11-22(35-3)23(13-20(17)28)36-14-16-6-4-7-18(29)10-16/h4-13H,14H2,1-3H3,(H,33,34)/b24-12-,30-27?. The van der Waals surface area contributed by atoms with Crippen molar-refractivity contribution in [1.82, 2.24) is 4.90 Å². The van der Waals surface area contributed by atoms with Crippen LogP contribution in [0, 0.1) is 12.7 Å². The van der Waals surface area contributed by atoms with Crippen LogP contribution in [0.3, 0.4) is 0 Å². The maximum atomic E-state index is 13.5. The van der Waals surface area contributed by atoms with Crippen molar-refractivity contribution in [3.05, 3.63) is 92.0 Å². The monoisotopic (exact) mass is 584 g/mol. The number of aliphatic imine (C=N–C) groups is 1. The predicted octanol–water partition coefficient (Wildman–Crippen LogP) is 6.42. The third-order valence-electron chi connectivity index (χ3n) is 5.61. The molecule has 1 saturated heterocycles. The van der Waals surface area contributed by atoms with Crippen molar-refractivity contribution in [2.24, 2.45) is 4.99 Å². The number of nitrogens with zero attached hydrogens (tertiary/aromatic N) is 2. The van der Waals surface area contributed by atoms with Crippen LogP contribution in [0.4, 0.5) is 10.1 Å². The van der Waals surface area contributed by atoms with E-state index in [1.165, 1.54) is 42.0 Å². The van der Waals surface area contributed by atoms with Crippen molar-refractivity contribution >= 4 is 56.5 Å². The quantitative estimate of drug-likeness (QED) is 0.322. The maximum absolute atomic E-state index is 13.5. The van der Waals surface area contributed by atoms with Gasteiger partial charge in [-0.3, -0.25) is 9.69 Å². The summed E-state index contributed by atoms with van der Waals surface area (Å²) >= 11 is 4.72. The molecule has 4 rings (SSSR count). The maximum Gasteiger partial charge on any atom is 0.336 e. The normalized spacial score (nSPS) is 15.5. The second kappa shape index (κ2) is 11.2. The van der Waals surface area contributed by atoms with E-state index in [0.717, 1.165) is 0 Å². The van der Waals surface area contributed by atoms with Gasteiger partial charge in [0.05, 0.1) is 23.3 Å². The van der Waals surface area contributed by atoms with Crippen LogP contribution in [0.1, 0.15) is 27.0 Å². The number of hydrogen-bond donors (Lipinski definition) is 1. The molecule has 1 aliphatic rings. The van der Waals surface area contributed by atoms with E-state index in [4.69, 9.17) is 9.47 Å². The van der Waals surface area contributed by atoms with Crippen LogP contribution in [0.25, 0.3) is 6.08 Å². The second-order valence-corrected chi connectivity index (χ2v) is 9.93. The number of rotatable bonds is 7. The van der Waals surface area contributed by atoms with Crippen LogP contribution in [0.2, 0.25) is 0 Å². The summed E-state index contributed by atoms with van der Waals surface area (Å²) in [5, 5.41) is 9.81. The van der Waals surface area contributed by atoms with Gasteiger partial charge in [-0.15, -0.1) is 0 Å². The smallest absolute Gasteiger partial charge is 0.336 e. The number of thioether (sulfide) groups is 1. The Labute approximate surface area is 225 Å². The molecule has 0 saturated carbocycles. The highest BCUT2D eigenvalue weighted by Crippen LogP contribution is 2.39. The summed E-state index contributed by atoms with van der Waals surface area (Å²) in [6.07, 6.45) is 1.72. The number of halogens is 2. The number of hydrogen-bond acceptors (Lipinski definition) is 6. The van der Waals surface area contributed by atoms with Crippen LogP contribution in [0.15, 0.2) is 69.0 Å². The minimum atomic E-state index is -1.04. The molecule has 1 amide bonds. The van der Waals surface area contributed by atoms with Gasteiger partial charge >= 0.3 is 5.97 Å². The van der Waals surface area contributed by atoms with Crippen molar-refractivity contribution in [2.45, 2.75) is 13.5 Å². The average molecular weight is 585 g/mol. The minimum absolute atomic E-state index is 0.155. The lowest BCUT2D eigenvalue weighted by atomic mass is 10.1. The van der Waals surface area contributed by atoms with Crippen molar-refractivity contribution in [2.75, 3.05) is 14.2 Å². The van der Waals surface area contributed by atoms with Gasteiger partial charge in [-0.25, -0.2) is 14.2 Å². The molecule has 37 heavy (non-hydrogen) atoms. The number of amidine groups is 1. The summed E-state index contributed by atoms with van der Waals surface area (Å²) in [4.78, 5) is 30.8. The van der Waals surface area contributed by atoms with E-state index < -0.39 is 5.97 Å². The number of carboxylic acid groups (broad SMARTS) is 1. The Hall–Kier alpha value is -3.63.